The van der Waals surface area contributed by atoms with Gasteiger partial charge < -0.3 is 14.8 Å². The summed E-state index contributed by atoms with van der Waals surface area (Å²) in [5.74, 6) is 1.04. The SMILES string of the molecule is COc1ccc(CCNC(=O)c2cccc(S(=O)(=O)N3CCc4ccccc43)c2)c(OC)c1. The molecule has 8 heteroatoms. The first-order chi connectivity index (χ1) is 15.9. The molecule has 4 rings (SSSR count). The third-order valence-electron chi connectivity index (χ3n) is 5.70. The maximum atomic E-state index is 13.3. The molecule has 1 aliphatic heterocycles. The van der Waals surface area contributed by atoms with E-state index in [-0.39, 0.29) is 10.8 Å². The Labute approximate surface area is 194 Å². The van der Waals surface area contributed by atoms with E-state index in [2.05, 4.69) is 5.32 Å². The van der Waals surface area contributed by atoms with Gasteiger partial charge in [-0.1, -0.05) is 30.3 Å². The summed E-state index contributed by atoms with van der Waals surface area (Å²) in [5, 5.41) is 2.86. The van der Waals surface area contributed by atoms with Crippen molar-refractivity contribution in [3.8, 4) is 11.5 Å². The molecule has 0 bridgehead atoms. The van der Waals surface area contributed by atoms with Gasteiger partial charge in [-0.05, 0) is 54.3 Å². The van der Waals surface area contributed by atoms with Gasteiger partial charge in [0.05, 0.1) is 24.8 Å². The molecule has 0 aliphatic carbocycles. The van der Waals surface area contributed by atoms with Crippen LogP contribution in [0.4, 0.5) is 5.69 Å². The minimum Gasteiger partial charge on any atom is -0.497 e. The minimum atomic E-state index is -3.76. The van der Waals surface area contributed by atoms with E-state index in [0.717, 1.165) is 11.1 Å². The second-order valence-corrected chi connectivity index (χ2v) is 9.53. The first-order valence-corrected chi connectivity index (χ1v) is 12.1. The number of nitrogens with one attached hydrogen (secondary N) is 1. The highest BCUT2D eigenvalue weighted by Gasteiger charge is 2.30. The van der Waals surface area contributed by atoms with E-state index in [4.69, 9.17) is 9.47 Å². The number of benzene rings is 3. The van der Waals surface area contributed by atoms with E-state index in [0.29, 0.717) is 48.7 Å². The van der Waals surface area contributed by atoms with Crippen LogP contribution in [0.2, 0.25) is 0 Å². The van der Waals surface area contributed by atoms with Gasteiger partial charge in [-0.15, -0.1) is 0 Å². The fourth-order valence-corrected chi connectivity index (χ4v) is 5.50. The molecule has 0 atom stereocenters. The van der Waals surface area contributed by atoms with Crippen LogP contribution in [0.3, 0.4) is 0 Å². The lowest BCUT2D eigenvalue weighted by Gasteiger charge is -2.20. The zero-order valence-corrected chi connectivity index (χ0v) is 19.4. The molecule has 0 radical (unpaired) electrons. The Balaban J connectivity index is 1.45. The van der Waals surface area contributed by atoms with Crippen molar-refractivity contribution in [1.82, 2.24) is 5.32 Å². The zero-order chi connectivity index (χ0) is 23.4. The molecule has 0 saturated heterocycles. The van der Waals surface area contributed by atoms with E-state index in [9.17, 15) is 13.2 Å². The molecule has 3 aromatic rings. The molecule has 1 heterocycles. The molecule has 1 aliphatic rings. The molecular formula is C25H26N2O5S. The number of fused-ring (bicyclic) bond motifs is 1. The van der Waals surface area contributed by atoms with Gasteiger partial charge in [-0.25, -0.2) is 8.42 Å². The normalized spacial score (nSPS) is 12.8. The van der Waals surface area contributed by atoms with E-state index >= 15 is 0 Å². The van der Waals surface area contributed by atoms with Crippen LogP contribution in [0.1, 0.15) is 21.5 Å². The molecule has 3 aromatic carbocycles. The molecule has 0 unspecified atom stereocenters. The zero-order valence-electron chi connectivity index (χ0n) is 18.6. The Bertz CT molecular complexity index is 1270. The Morgan fingerprint density at radius 2 is 1.82 bits per heavy atom. The summed E-state index contributed by atoms with van der Waals surface area (Å²) < 4.78 is 38.5. The number of carbonyl (C=O) groups excluding carboxylic acids is 1. The fourth-order valence-electron chi connectivity index (χ4n) is 3.95. The molecule has 0 saturated carbocycles. The highest BCUT2D eigenvalue weighted by molar-refractivity contribution is 7.92. The van der Waals surface area contributed by atoms with Crippen molar-refractivity contribution in [2.75, 3.05) is 31.6 Å². The van der Waals surface area contributed by atoms with Gasteiger partial charge >= 0.3 is 0 Å². The molecular weight excluding hydrogens is 440 g/mol. The monoisotopic (exact) mass is 466 g/mol. The number of methoxy groups -OCH3 is 2. The van der Waals surface area contributed by atoms with Crippen molar-refractivity contribution in [2.45, 2.75) is 17.7 Å². The van der Waals surface area contributed by atoms with Gasteiger partial charge in [0.25, 0.3) is 15.9 Å². The molecule has 1 amide bonds. The molecule has 0 aromatic heterocycles. The lowest BCUT2D eigenvalue weighted by Crippen LogP contribution is -2.30. The minimum absolute atomic E-state index is 0.101. The number of anilines is 1. The molecule has 7 nitrogen and oxygen atoms in total. The average molecular weight is 467 g/mol. The summed E-state index contributed by atoms with van der Waals surface area (Å²) in [4.78, 5) is 12.8. The fraction of sp³-hybridized carbons (Fsp3) is 0.240. The smallest absolute Gasteiger partial charge is 0.264 e. The summed E-state index contributed by atoms with van der Waals surface area (Å²) in [6.07, 6.45) is 1.23. The van der Waals surface area contributed by atoms with E-state index in [1.54, 1.807) is 32.4 Å². The van der Waals surface area contributed by atoms with Gasteiger partial charge in [-0.3, -0.25) is 9.10 Å². The predicted octanol–water partition coefficient (Wildman–Crippen LogP) is 3.43. The van der Waals surface area contributed by atoms with Crippen molar-refractivity contribution >= 4 is 21.6 Å². The third kappa shape index (κ3) is 4.66. The first-order valence-electron chi connectivity index (χ1n) is 10.6. The van der Waals surface area contributed by atoms with Crippen LogP contribution in [0.25, 0.3) is 0 Å². The van der Waals surface area contributed by atoms with Crippen LogP contribution in [-0.2, 0) is 22.9 Å². The Morgan fingerprint density at radius 3 is 2.61 bits per heavy atom. The molecule has 1 N–H and O–H groups in total. The first kappa shape index (κ1) is 22.7. The maximum Gasteiger partial charge on any atom is 0.264 e. The average Bonchev–Trinajstić information content (AvgIpc) is 3.29. The number of sulfonamides is 1. The van der Waals surface area contributed by atoms with Gasteiger partial charge in [0, 0.05) is 24.7 Å². The summed E-state index contributed by atoms with van der Waals surface area (Å²) in [6, 6.07) is 19.2. The molecule has 33 heavy (non-hydrogen) atoms. The third-order valence-corrected chi connectivity index (χ3v) is 7.51. The highest BCUT2D eigenvalue weighted by atomic mass is 32.2. The summed E-state index contributed by atoms with van der Waals surface area (Å²) in [6.45, 7) is 0.764. The van der Waals surface area contributed by atoms with Crippen molar-refractivity contribution in [1.29, 1.82) is 0 Å². The van der Waals surface area contributed by atoms with Gasteiger partial charge in [0.2, 0.25) is 0 Å². The van der Waals surface area contributed by atoms with Crippen LogP contribution in [0.5, 0.6) is 11.5 Å². The maximum absolute atomic E-state index is 13.3. The topological polar surface area (TPSA) is 84.9 Å². The summed E-state index contributed by atoms with van der Waals surface area (Å²) in [7, 11) is -0.589. The Kier molecular flexibility index (Phi) is 6.55. The number of para-hydroxylation sites is 1. The van der Waals surface area contributed by atoms with Crippen LogP contribution in [-0.4, -0.2) is 41.6 Å². The van der Waals surface area contributed by atoms with Crippen LogP contribution in [0, 0.1) is 0 Å². The van der Waals surface area contributed by atoms with Crippen molar-refractivity contribution < 1.29 is 22.7 Å². The number of amides is 1. The predicted molar refractivity (Wildman–Crippen MR) is 127 cm³/mol. The summed E-state index contributed by atoms with van der Waals surface area (Å²) in [5.41, 5.74) is 2.93. The van der Waals surface area contributed by atoms with Crippen molar-refractivity contribution in [3.63, 3.8) is 0 Å². The number of rotatable bonds is 8. The Morgan fingerprint density at radius 1 is 1.00 bits per heavy atom. The van der Waals surface area contributed by atoms with Gasteiger partial charge in [0.15, 0.2) is 0 Å². The van der Waals surface area contributed by atoms with E-state index < -0.39 is 10.0 Å². The largest absolute Gasteiger partial charge is 0.497 e. The quantitative estimate of drug-likeness (QED) is 0.550. The highest BCUT2D eigenvalue weighted by Crippen LogP contribution is 2.32. The summed E-state index contributed by atoms with van der Waals surface area (Å²) >= 11 is 0. The lowest BCUT2D eigenvalue weighted by molar-refractivity contribution is 0.0954. The van der Waals surface area contributed by atoms with Crippen LogP contribution in [0.15, 0.2) is 71.6 Å². The Hall–Kier alpha value is -3.52. The van der Waals surface area contributed by atoms with Gasteiger partial charge in [-0.2, -0.15) is 0 Å². The van der Waals surface area contributed by atoms with Gasteiger partial charge in [0.1, 0.15) is 11.5 Å². The van der Waals surface area contributed by atoms with Crippen molar-refractivity contribution in [2.24, 2.45) is 0 Å². The second-order valence-electron chi connectivity index (χ2n) is 7.67. The van der Waals surface area contributed by atoms with Crippen LogP contribution >= 0.6 is 0 Å². The number of nitrogens with zero attached hydrogens (tertiary/aromatic N) is 1. The molecule has 0 spiro atoms. The van der Waals surface area contributed by atoms with Crippen LogP contribution < -0.4 is 19.1 Å². The van der Waals surface area contributed by atoms with Crippen molar-refractivity contribution in [3.05, 3.63) is 83.4 Å². The second kappa shape index (κ2) is 9.54. The molecule has 0 fully saturated rings. The number of carbonyl (C=O) groups is 1. The lowest BCUT2D eigenvalue weighted by atomic mass is 10.1. The number of hydrogen-bond acceptors (Lipinski definition) is 5. The van der Waals surface area contributed by atoms with E-state index in [1.807, 2.05) is 36.4 Å². The molecule has 172 valence electrons. The number of hydrogen-bond donors (Lipinski definition) is 1. The number of ether oxygens (including phenoxy) is 2. The van der Waals surface area contributed by atoms with E-state index in [1.165, 1.54) is 16.4 Å². The standard InChI is InChI=1S/C25H26N2O5S/c1-31-21-11-10-19(24(17-21)32-2)12-14-26-25(28)20-7-5-8-22(16-20)33(29,30)27-15-13-18-6-3-4-9-23(18)27/h3-11,16-17H,12-15H2,1-2H3,(H,26,28).